The number of aryl methyl sites for hydroxylation is 1. The predicted octanol–water partition coefficient (Wildman–Crippen LogP) is 0.724. The van der Waals surface area contributed by atoms with E-state index in [4.69, 9.17) is 4.42 Å². The highest BCUT2D eigenvalue weighted by Gasteiger charge is 2.15. The van der Waals surface area contributed by atoms with E-state index >= 15 is 0 Å². The summed E-state index contributed by atoms with van der Waals surface area (Å²) in [6, 6.07) is 3.40. The summed E-state index contributed by atoms with van der Waals surface area (Å²) < 4.78 is 12.6. The van der Waals surface area contributed by atoms with Crippen LogP contribution in [-0.4, -0.2) is 27.3 Å². The van der Waals surface area contributed by atoms with Crippen molar-refractivity contribution in [1.82, 2.24) is 14.2 Å². The molecule has 7 heteroatoms. The minimum atomic E-state index is -0.520. The monoisotopic (exact) mass is 261 g/mol. The fourth-order valence-corrected chi connectivity index (χ4v) is 2.12. The van der Waals surface area contributed by atoms with Gasteiger partial charge in [-0.25, -0.2) is 4.68 Å². The topological polar surface area (TPSA) is 78.7 Å². The van der Waals surface area contributed by atoms with Crippen LogP contribution in [0.2, 0.25) is 0 Å². The maximum atomic E-state index is 12.2. The van der Waals surface area contributed by atoms with Gasteiger partial charge in [0.1, 0.15) is 17.9 Å². The molecule has 0 aliphatic heterocycles. The van der Waals surface area contributed by atoms with Crippen LogP contribution in [0.5, 0.6) is 0 Å². The molecule has 0 atom stereocenters. The lowest BCUT2D eigenvalue weighted by molar-refractivity contribution is -0.141. The van der Waals surface area contributed by atoms with E-state index in [0.29, 0.717) is 16.9 Å². The van der Waals surface area contributed by atoms with E-state index in [0.717, 1.165) is 10.2 Å². The maximum Gasteiger partial charge on any atom is 0.327 e. The molecule has 0 N–H and O–H groups in total. The standard InChI is InChI=1S/C12H11N3O4/c1-7-13-14(6-11(16)18-2)12(17)9-5-10-8(15(7)9)3-4-19-10/h3-5H,6H2,1-2H3. The number of ether oxygens (including phenoxy) is 1. The Morgan fingerprint density at radius 1 is 1.47 bits per heavy atom. The molecule has 3 aromatic rings. The van der Waals surface area contributed by atoms with E-state index in [9.17, 15) is 9.59 Å². The summed E-state index contributed by atoms with van der Waals surface area (Å²) in [4.78, 5) is 23.5. The van der Waals surface area contributed by atoms with Gasteiger partial charge in [0.05, 0.1) is 18.9 Å². The van der Waals surface area contributed by atoms with Crippen molar-refractivity contribution in [3.05, 3.63) is 34.6 Å². The van der Waals surface area contributed by atoms with Crippen molar-refractivity contribution in [3.63, 3.8) is 0 Å². The average molecular weight is 261 g/mol. The van der Waals surface area contributed by atoms with Crippen molar-refractivity contribution in [2.45, 2.75) is 13.5 Å². The lowest BCUT2D eigenvalue weighted by Crippen LogP contribution is -2.29. The summed E-state index contributed by atoms with van der Waals surface area (Å²) in [6.45, 7) is 1.55. The van der Waals surface area contributed by atoms with Gasteiger partial charge in [-0.1, -0.05) is 0 Å². The first-order valence-electron chi connectivity index (χ1n) is 5.65. The summed E-state index contributed by atoms with van der Waals surface area (Å²) in [5.41, 5.74) is 1.45. The Morgan fingerprint density at radius 3 is 3.00 bits per heavy atom. The van der Waals surface area contributed by atoms with Crippen molar-refractivity contribution in [3.8, 4) is 0 Å². The van der Waals surface area contributed by atoms with Gasteiger partial charge in [-0.2, -0.15) is 5.10 Å². The second kappa shape index (κ2) is 3.98. The van der Waals surface area contributed by atoms with Gasteiger partial charge >= 0.3 is 5.97 Å². The van der Waals surface area contributed by atoms with Crippen LogP contribution in [0.3, 0.4) is 0 Å². The zero-order valence-corrected chi connectivity index (χ0v) is 10.4. The lowest BCUT2D eigenvalue weighted by atomic mass is 10.5. The van der Waals surface area contributed by atoms with Gasteiger partial charge in [0.25, 0.3) is 5.56 Å². The van der Waals surface area contributed by atoms with Crippen molar-refractivity contribution >= 4 is 22.6 Å². The quantitative estimate of drug-likeness (QED) is 0.635. The minimum absolute atomic E-state index is 0.209. The number of methoxy groups -OCH3 is 1. The molecule has 0 radical (unpaired) electrons. The number of hydrogen-bond acceptors (Lipinski definition) is 5. The summed E-state index contributed by atoms with van der Waals surface area (Å²) in [6.07, 6.45) is 1.55. The largest absolute Gasteiger partial charge is 0.468 e. The third-order valence-corrected chi connectivity index (χ3v) is 2.97. The van der Waals surface area contributed by atoms with E-state index in [-0.39, 0.29) is 12.1 Å². The number of aromatic nitrogens is 3. The average Bonchev–Trinajstić information content (AvgIpc) is 2.95. The van der Waals surface area contributed by atoms with Gasteiger partial charge in [-0.05, 0) is 6.92 Å². The zero-order chi connectivity index (χ0) is 13.6. The number of nitrogens with zero attached hydrogens (tertiary/aromatic N) is 3. The molecule has 3 rings (SSSR count). The van der Waals surface area contributed by atoms with Crippen molar-refractivity contribution in [2.24, 2.45) is 0 Å². The molecule has 0 aliphatic carbocycles. The highest BCUT2D eigenvalue weighted by molar-refractivity contribution is 5.82. The highest BCUT2D eigenvalue weighted by Crippen LogP contribution is 2.19. The molecule has 0 unspecified atom stereocenters. The van der Waals surface area contributed by atoms with Crippen LogP contribution < -0.4 is 5.56 Å². The van der Waals surface area contributed by atoms with Gasteiger partial charge in [-0.3, -0.25) is 14.0 Å². The second-order valence-corrected chi connectivity index (χ2v) is 4.12. The third-order valence-electron chi connectivity index (χ3n) is 2.97. The molecule has 0 fully saturated rings. The second-order valence-electron chi connectivity index (χ2n) is 4.12. The van der Waals surface area contributed by atoms with Crippen LogP contribution in [0.4, 0.5) is 0 Å². The Labute approximate surface area is 107 Å². The molecule has 3 aromatic heterocycles. The molecular weight excluding hydrogens is 250 g/mol. The molecule has 0 aromatic carbocycles. The number of furan rings is 1. The van der Waals surface area contributed by atoms with Gasteiger partial charge in [-0.15, -0.1) is 0 Å². The molecule has 98 valence electrons. The Bertz CT molecular complexity index is 840. The summed E-state index contributed by atoms with van der Waals surface area (Å²) in [7, 11) is 1.27. The molecule has 19 heavy (non-hydrogen) atoms. The van der Waals surface area contributed by atoms with Crippen molar-refractivity contribution in [1.29, 1.82) is 0 Å². The fourth-order valence-electron chi connectivity index (χ4n) is 2.12. The van der Waals surface area contributed by atoms with Crippen LogP contribution in [0, 0.1) is 6.92 Å². The number of hydrogen-bond donors (Lipinski definition) is 0. The Morgan fingerprint density at radius 2 is 2.26 bits per heavy atom. The van der Waals surface area contributed by atoms with E-state index < -0.39 is 5.97 Å². The number of rotatable bonds is 2. The molecule has 7 nitrogen and oxygen atoms in total. The van der Waals surface area contributed by atoms with E-state index in [2.05, 4.69) is 9.84 Å². The lowest BCUT2D eigenvalue weighted by Gasteiger charge is -2.06. The molecule has 3 heterocycles. The van der Waals surface area contributed by atoms with Crippen LogP contribution in [0.1, 0.15) is 5.82 Å². The smallest absolute Gasteiger partial charge is 0.327 e. The molecular formula is C12H11N3O4. The Balaban J connectivity index is 2.30. The van der Waals surface area contributed by atoms with E-state index in [1.54, 1.807) is 29.7 Å². The minimum Gasteiger partial charge on any atom is -0.468 e. The number of carbonyl (C=O) groups is 1. The zero-order valence-electron chi connectivity index (χ0n) is 10.4. The first-order chi connectivity index (χ1) is 9.11. The maximum absolute atomic E-state index is 12.2. The Kier molecular flexibility index (Phi) is 2.41. The van der Waals surface area contributed by atoms with Gasteiger partial charge in [0, 0.05) is 12.1 Å². The molecule has 0 spiro atoms. The first kappa shape index (κ1) is 11.5. The van der Waals surface area contributed by atoms with Crippen LogP contribution in [0.15, 0.2) is 27.6 Å². The molecule has 0 aliphatic rings. The van der Waals surface area contributed by atoms with Gasteiger partial charge in [0.15, 0.2) is 5.58 Å². The number of fused-ring (bicyclic) bond motifs is 3. The molecule has 0 saturated carbocycles. The normalized spacial score (nSPS) is 11.3. The fraction of sp³-hybridized carbons (Fsp3) is 0.250. The van der Waals surface area contributed by atoms with E-state index in [1.165, 1.54) is 7.11 Å². The third kappa shape index (κ3) is 1.62. The van der Waals surface area contributed by atoms with E-state index in [1.807, 2.05) is 0 Å². The van der Waals surface area contributed by atoms with Gasteiger partial charge in [0.2, 0.25) is 0 Å². The number of carbonyl (C=O) groups excluding carboxylic acids is 1. The van der Waals surface area contributed by atoms with Crippen molar-refractivity contribution in [2.75, 3.05) is 7.11 Å². The predicted molar refractivity (Wildman–Crippen MR) is 66.0 cm³/mol. The van der Waals surface area contributed by atoms with Crippen LogP contribution >= 0.6 is 0 Å². The molecule has 0 bridgehead atoms. The summed E-state index contributed by atoms with van der Waals surface area (Å²) in [5, 5.41) is 4.12. The highest BCUT2D eigenvalue weighted by atomic mass is 16.5. The van der Waals surface area contributed by atoms with Crippen LogP contribution in [-0.2, 0) is 16.1 Å². The SMILES string of the molecule is COC(=O)Cn1nc(C)n2c(cc3occc32)c1=O. The van der Waals surface area contributed by atoms with Crippen LogP contribution in [0.25, 0.3) is 16.6 Å². The molecule has 0 saturated heterocycles. The Hall–Kier alpha value is -2.57. The summed E-state index contributed by atoms with van der Waals surface area (Å²) in [5.74, 6) is 0.0727. The number of esters is 1. The summed E-state index contributed by atoms with van der Waals surface area (Å²) >= 11 is 0. The van der Waals surface area contributed by atoms with Crippen molar-refractivity contribution < 1.29 is 13.9 Å². The first-order valence-corrected chi connectivity index (χ1v) is 5.65. The molecule has 0 amide bonds. The van der Waals surface area contributed by atoms with Gasteiger partial charge < -0.3 is 9.15 Å².